The van der Waals surface area contributed by atoms with Crippen molar-refractivity contribution in [3.8, 4) is 0 Å². The molecule has 0 aromatic heterocycles. The molecule has 3 atom stereocenters. The zero-order chi connectivity index (χ0) is 17.7. The Morgan fingerprint density at radius 2 is 1.96 bits per heavy atom. The van der Waals surface area contributed by atoms with Crippen molar-refractivity contribution in [2.75, 3.05) is 13.2 Å². The lowest BCUT2D eigenvalue weighted by Crippen LogP contribution is -2.47. The van der Waals surface area contributed by atoms with Crippen LogP contribution in [0.3, 0.4) is 0 Å². The summed E-state index contributed by atoms with van der Waals surface area (Å²) in [7, 11) is -3.56. The quantitative estimate of drug-likeness (QED) is 0.655. The first-order valence-electron chi connectivity index (χ1n) is 8.40. The third kappa shape index (κ3) is 5.53. The maximum atomic E-state index is 12.6. The summed E-state index contributed by atoms with van der Waals surface area (Å²) in [5, 5.41) is 12.9. The number of aryl methyl sites for hydroxylation is 1. The van der Waals surface area contributed by atoms with Crippen molar-refractivity contribution in [3.05, 3.63) is 29.8 Å². The minimum Gasteiger partial charge on any atom is -0.367 e. The van der Waals surface area contributed by atoms with Gasteiger partial charge in [0.05, 0.1) is 17.5 Å². The molecule has 1 aliphatic heterocycles. The highest BCUT2D eigenvalue weighted by molar-refractivity contribution is 7.89. The van der Waals surface area contributed by atoms with Gasteiger partial charge in [0.1, 0.15) is 0 Å². The van der Waals surface area contributed by atoms with Crippen LogP contribution in [-0.2, 0) is 14.8 Å². The van der Waals surface area contributed by atoms with Crippen LogP contribution in [0.5, 0.6) is 0 Å². The maximum absolute atomic E-state index is 12.6. The topological polar surface area (TPSA) is 87.7 Å². The first kappa shape index (κ1) is 19.3. The van der Waals surface area contributed by atoms with Gasteiger partial charge in [0.15, 0.2) is 6.29 Å². The molecular weight excluding hydrogens is 328 g/mol. The van der Waals surface area contributed by atoms with Gasteiger partial charge in [-0.15, -0.1) is 0 Å². The van der Waals surface area contributed by atoms with E-state index in [1.54, 1.807) is 24.3 Å². The lowest BCUT2D eigenvalue weighted by molar-refractivity contribution is -0.0718. The van der Waals surface area contributed by atoms with Gasteiger partial charge in [-0.1, -0.05) is 31.5 Å². The van der Waals surface area contributed by atoms with Gasteiger partial charge in [-0.2, -0.15) is 0 Å². The molecule has 0 radical (unpaired) electrons. The van der Waals surface area contributed by atoms with Crippen molar-refractivity contribution in [2.45, 2.75) is 56.9 Å². The molecule has 1 aliphatic rings. The second-order valence-corrected chi connectivity index (χ2v) is 8.54. The van der Waals surface area contributed by atoms with Gasteiger partial charge in [0.2, 0.25) is 10.0 Å². The minimum atomic E-state index is -3.56. The van der Waals surface area contributed by atoms with Crippen molar-refractivity contribution < 1.29 is 18.3 Å². The number of ether oxygens (including phenoxy) is 1. The molecular formula is C17H28N2O4S. The largest absolute Gasteiger partial charge is 0.367 e. The third-order valence-corrected chi connectivity index (χ3v) is 5.63. The number of hydrogen-bond acceptors (Lipinski definition) is 5. The van der Waals surface area contributed by atoms with E-state index in [-0.39, 0.29) is 17.0 Å². The van der Waals surface area contributed by atoms with E-state index in [0.29, 0.717) is 25.5 Å². The molecule has 2 rings (SSSR count). The van der Waals surface area contributed by atoms with Crippen molar-refractivity contribution in [1.82, 2.24) is 10.0 Å². The summed E-state index contributed by atoms with van der Waals surface area (Å²) < 4.78 is 33.1. The number of nitrogens with one attached hydrogen (secondary N) is 2. The van der Waals surface area contributed by atoms with Crippen LogP contribution in [0.1, 0.15) is 32.3 Å². The van der Waals surface area contributed by atoms with Crippen LogP contribution < -0.4 is 10.0 Å². The van der Waals surface area contributed by atoms with Crippen molar-refractivity contribution >= 4 is 10.0 Å². The Bertz CT molecular complexity index is 616. The molecule has 136 valence electrons. The van der Waals surface area contributed by atoms with Gasteiger partial charge in [-0.05, 0) is 37.8 Å². The fourth-order valence-electron chi connectivity index (χ4n) is 2.82. The monoisotopic (exact) mass is 356 g/mol. The molecule has 1 saturated heterocycles. The highest BCUT2D eigenvalue weighted by Gasteiger charge is 2.27. The van der Waals surface area contributed by atoms with E-state index >= 15 is 0 Å². The van der Waals surface area contributed by atoms with Gasteiger partial charge in [-0.3, -0.25) is 0 Å². The predicted octanol–water partition coefficient (Wildman–Crippen LogP) is 1.38. The van der Waals surface area contributed by atoms with Gasteiger partial charge >= 0.3 is 0 Å². The Morgan fingerprint density at radius 3 is 2.50 bits per heavy atom. The molecule has 0 saturated carbocycles. The summed E-state index contributed by atoms with van der Waals surface area (Å²) in [4.78, 5) is 0.270. The molecule has 1 fully saturated rings. The number of aliphatic hydroxyl groups is 1. The first-order valence-corrected chi connectivity index (χ1v) is 9.88. The second-order valence-electron chi connectivity index (χ2n) is 6.83. The summed E-state index contributed by atoms with van der Waals surface area (Å²) in [6, 6.07) is 6.41. The van der Waals surface area contributed by atoms with E-state index in [1.807, 2.05) is 6.92 Å². The van der Waals surface area contributed by atoms with Gasteiger partial charge in [0, 0.05) is 12.6 Å². The van der Waals surface area contributed by atoms with Crippen LogP contribution in [0.25, 0.3) is 0 Å². The second kappa shape index (κ2) is 8.40. The van der Waals surface area contributed by atoms with E-state index < -0.39 is 16.3 Å². The van der Waals surface area contributed by atoms with Crippen LogP contribution in [0, 0.1) is 12.8 Å². The lowest BCUT2D eigenvalue weighted by atomic mass is 10.0. The summed E-state index contributed by atoms with van der Waals surface area (Å²) in [5.41, 5.74) is 1.02. The molecule has 1 heterocycles. The summed E-state index contributed by atoms with van der Waals surface area (Å²) in [6.07, 6.45) is 0.612. The van der Waals surface area contributed by atoms with E-state index in [4.69, 9.17) is 4.74 Å². The Labute approximate surface area is 144 Å². The molecule has 0 aliphatic carbocycles. The van der Waals surface area contributed by atoms with Crippen molar-refractivity contribution in [2.24, 2.45) is 5.92 Å². The predicted molar refractivity (Wildman–Crippen MR) is 93.1 cm³/mol. The van der Waals surface area contributed by atoms with E-state index in [1.165, 1.54) is 0 Å². The molecule has 0 amide bonds. The zero-order valence-electron chi connectivity index (χ0n) is 14.5. The number of hydrogen-bond donors (Lipinski definition) is 3. The fraction of sp³-hybridized carbons (Fsp3) is 0.647. The van der Waals surface area contributed by atoms with Crippen molar-refractivity contribution in [3.63, 3.8) is 0 Å². The third-order valence-electron chi connectivity index (χ3n) is 4.10. The Balaban J connectivity index is 2.02. The Hall–Kier alpha value is -0.990. The lowest BCUT2D eigenvalue weighted by Gasteiger charge is -2.24. The number of sulfonamides is 1. The highest BCUT2D eigenvalue weighted by Crippen LogP contribution is 2.15. The molecule has 0 spiro atoms. The molecule has 0 bridgehead atoms. The number of rotatable bonds is 8. The molecule has 7 heteroatoms. The molecule has 6 nitrogen and oxygen atoms in total. The van der Waals surface area contributed by atoms with Crippen LogP contribution >= 0.6 is 0 Å². The molecule has 1 unspecified atom stereocenters. The van der Waals surface area contributed by atoms with E-state index in [2.05, 4.69) is 23.9 Å². The first-order chi connectivity index (χ1) is 11.3. The normalized spacial score (nSPS) is 22.9. The van der Waals surface area contributed by atoms with Gasteiger partial charge in [-0.25, -0.2) is 13.1 Å². The number of benzene rings is 1. The van der Waals surface area contributed by atoms with E-state index in [9.17, 15) is 13.5 Å². The minimum absolute atomic E-state index is 0.149. The van der Waals surface area contributed by atoms with Crippen LogP contribution in [0.15, 0.2) is 29.2 Å². The molecule has 3 N–H and O–H groups in total. The molecule has 1 aromatic rings. The highest BCUT2D eigenvalue weighted by atomic mass is 32.2. The Kier molecular flexibility index (Phi) is 6.77. The maximum Gasteiger partial charge on any atom is 0.240 e. The van der Waals surface area contributed by atoms with Crippen LogP contribution in [0.2, 0.25) is 0 Å². The average molecular weight is 356 g/mol. The Morgan fingerprint density at radius 1 is 1.29 bits per heavy atom. The molecule has 1 aromatic carbocycles. The summed E-state index contributed by atoms with van der Waals surface area (Å²) >= 11 is 0. The van der Waals surface area contributed by atoms with Crippen molar-refractivity contribution in [1.29, 1.82) is 0 Å². The van der Waals surface area contributed by atoms with Crippen LogP contribution in [0.4, 0.5) is 0 Å². The molecule has 24 heavy (non-hydrogen) atoms. The standard InChI is InChI=1S/C17H28N2O4S/c1-12(2)10-14(11-18-16-8-9-23-17(16)20)19-24(21,22)15-6-4-13(3)5-7-15/h4-7,12,14,16-20H,8-11H2,1-3H3/t14-,16+,17?/m1/s1. The van der Waals surface area contributed by atoms with Gasteiger partial charge in [0.25, 0.3) is 0 Å². The van der Waals surface area contributed by atoms with Crippen LogP contribution in [-0.4, -0.2) is 45.0 Å². The fourth-order valence-corrected chi connectivity index (χ4v) is 4.07. The van der Waals surface area contributed by atoms with Gasteiger partial charge < -0.3 is 15.2 Å². The number of aliphatic hydroxyl groups excluding tert-OH is 1. The average Bonchev–Trinajstić information content (AvgIpc) is 2.89. The summed E-state index contributed by atoms with van der Waals surface area (Å²) in [6.45, 7) is 7.00. The smallest absolute Gasteiger partial charge is 0.240 e. The summed E-state index contributed by atoms with van der Waals surface area (Å²) in [5.74, 6) is 0.349. The zero-order valence-corrected chi connectivity index (χ0v) is 15.3. The van der Waals surface area contributed by atoms with E-state index in [0.717, 1.165) is 12.0 Å². The SMILES string of the molecule is Cc1ccc(S(=O)(=O)N[C@@H](CN[C@H]2CCOC2O)CC(C)C)cc1.